The lowest BCUT2D eigenvalue weighted by Crippen LogP contribution is -2.22. The molecule has 0 heterocycles. The maximum absolute atomic E-state index is 9.69. The molecule has 0 aromatic heterocycles. The molecule has 2 heteroatoms. The fraction of sp³-hybridized carbons (Fsp3) is 0.500. The van der Waals surface area contributed by atoms with Gasteiger partial charge >= 0.3 is 0 Å². The van der Waals surface area contributed by atoms with Gasteiger partial charge in [0.2, 0.25) is 0 Å². The van der Waals surface area contributed by atoms with E-state index in [1.807, 2.05) is 19.1 Å². The van der Waals surface area contributed by atoms with E-state index in [4.69, 9.17) is 4.74 Å². The Bertz CT molecular complexity index is 310. The summed E-state index contributed by atoms with van der Waals surface area (Å²) in [6, 6.07) is 8.02. The van der Waals surface area contributed by atoms with Gasteiger partial charge in [0.25, 0.3) is 0 Å². The minimum atomic E-state index is -0.254. The summed E-state index contributed by atoms with van der Waals surface area (Å²) in [5, 5.41) is 9.69. The first kappa shape index (κ1) is 9.53. The van der Waals surface area contributed by atoms with Crippen LogP contribution in [0.25, 0.3) is 0 Å². The second-order valence-electron chi connectivity index (χ2n) is 4.06. The van der Waals surface area contributed by atoms with Crippen molar-refractivity contribution in [2.75, 3.05) is 7.11 Å². The summed E-state index contributed by atoms with van der Waals surface area (Å²) < 4.78 is 5.10. The number of aliphatic hydroxyl groups excluding tert-OH is 1. The fourth-order valence-electron chi connectivity index (χ4n) is 2.01. The first-order chi connectivity index (χ1) is 6.69. The van der Waals surface area contributed by atoms with Gasteiger partial charge in [0, 0.05) is 5.41 Å². The lowest BCUT2D eigenvalue weighted by Gasteiger charge is -2.19. The van der Waals surface area contributed by atoms with E-state index in [1.165, 1.54) is 5.56 Å². The van der Waals surface area contributed by atoms with Crippen molar-refractivity contribution in [2.45, 2.75) is 31.3 Å². The molecule has 1 fully saturated rings. The van der Waals surface area contributed by atoms with Gasteiger partial charge < -0.3 is 9.84 Å². The maximum atomic E-state index is 9.69. The van der Waals surface area contributed by atoms with Gasteiger partial charge in [0.05, 0.1) is 13.2 Å². The molecule has 0 amide bonds. The van der Waals surface area contributed by atoms with Crippen LogP contribution in [0.3, 0.4) is 0 Å². The molecule has 1 N–H and O–H groups in total. The zero-order chi connectivity index (χ0) is 10.2. The third-order valence-corrected chi connectivity index (χ3v) is 3.25. The van der Waals surface area contributed by atoms with Crippen LogP contribution in [-0.2, 0) is 5.41 Å². The molecule has 1 aliphatic carbocycles. The van der Waals surface area contributed by atoms with E-state index in [0.29, 0.717) is 0 Å². The van der Waals surface area contributed by atoms with Crippen LogP contribution >= 0.6 is 0 Å². The molecule has 1 aliphatic rings. The molecule has 0 radical (unpaired) electrons. The molecular formula is C12H16O2. The third-order valence-electron chi connectivity index (χ3n) is 3.25. The highest BCUT2D eigenvalue weighted by Gasteiger charge is 2.48. The standard InChI is InChI=1S/C12H16O2/c1-9(13)12(7-8-12)10-3-5-11(14-2)6-4-10/h3-6,9,13H,7-8H2,1-2H3. The number of benzene rings is 1. The SMILES string of the molecule is COc1ccc(C2(C(C)O)CC2)cc1. The molecule has 76 valence electrons. The van der Waals surface area contributed by atoms with E-state index in [9.17, 15) is 5.11 Å². The maximum Gasteiger partial charge on any atom is 0.118 e. The van der Waals surface area contributed by atoms with Crippen LogP contribution in [0.1, 0.15) is 25.3 Å². The van der Waals surface area contributed by atoms with Crippen LogP contribution in [-0.4, -0.2) is 18.3 Å². The van der Waals surface area contributed by atoms with Gasteiger partial charge in [-0.15, -0.1) is 0 Å². The molecule has 0 aliphatic heterocycles. The lowest BCUT2D eigenvalue weighted by atomic mass is 9.91. The van der Waals surface area contributed by atoms with Crippen LogP contribution < -0.4 is 4.74 Å². The fourth-order valence-corrected chi connectivity index (χ4v) is 2.01. The van der Waals surface area contributed by atoms with Crippen molar-refractivity contribution in [2.24, 2.45) is 0 Å². The highest BCUT2D eigenvalue weighted by Crippen LogP contribution is 2.51. The topological polar surface area (TPSA) is 29.5 Å². The number of ether oxygens (including phenoxy) is 1. The van der Waals surface area contributed by atoms with Crippen LogP contribution in [0.15, 0.2) is 24.3 Å². The van der Waals surface area contributed by atoms with Crippen molar-refractivity contribution in [3.8, 4) is 5.75 Å². The highest BCUT2D eigenvalue weighted by atomic mass is 16.5. The summed E-state index contributed by atoms with van der Waals surface area (Å²) in [6.45, 7) is 1.87. The second-order valence-corrected chi connectivity index (χ2v) is 4.06. The van der Waals surface area contributed by atoms with Crippen molar-refractivity contribution in [3.63, 3.8) is 0 Å². The van der Waals surface area contributed by atoms with Gasteiger partial charge in [-0.2, -0.15) is 0 Å². The average Bonchev–Trinajstić information content (AvgIpc) is 2.99. The summed E-state index contributed by atoms with van der Waals surface area (Å²) in [5.41, 5.74) is 1.26. The molecule has 1 aromatic rings. The van der Waals surface area contributed by atoms with Crippen molar-refractivity contribution < 1.29 is 9.84 Å². The molecule has 0 bridgehead atoms. The number of aliphatic hydroxyl groups is 1. The molecule has 0 saturated heterocycles. The Morgan fingerprint density at radius 1 is 1.29 bits per heavy atom. The molecule has 2 rings (SSSR count). The van der Waals surface area contributed by atoms with Gasteiger partial charge in [-0.3, -0.25) is 0 Å². The zero-order valence-corrected chi connectivity index (χ0v) is 8.66. The number of hydrogen-bond acceptors (Lipinski definition) is 2. The summed E-state index contributed by atoms with van der Waals surface area (Å²) >= 11 is 0. The second kappa shape index (κ2) is 3.28. The predicted octanol–water partition coefficient (Wildman–Crippen LogP) is 2.11. The Kier molecular flexibility index (Phi) is 2.23. The molecule has 0 spiro atoms. The van der Waals surface area contributed by atoms with E-state index in [2.05, 4.69) is 12.1 Å². The summed E-state index contributed by atoms with van der Waals surface area (Å²) in [7, 11) is 1.66. The van der Waals surface area contributed by atoms with Crippen molar-refractivity contribution >= 4 is 0 Å². The zero-order valence-electron chi connectivity index (χ0n) is 8.66. The molecule has 1 atom stereocenters. The minimum Gasteiger partial charge on any atom is -0.497 e. The Balaban J connectivity index is 2.25. The summed E-state index contributed by atoms with van der Waals surface area (Å²) in [4.78, 5) is 0. The van der Waals surface area contributed by atoms with Crippen molar-refractivity contribution in [1.82, 2.24) is 0 Å². The Morgan fingerprint density at radius 3 is 2.21 bits per heavy atom. The molecular weight excluding hydrogens is 176 g/mol. The Morgan fingerprint density at radius 2 is 1.86 bits per heavy atom. The smallest absolute Gasteiger partial charge is 0.118 e. The van der Waals surface area contributed by atoms with Crippen LogP contribution in [0.4, 0.5) is 0 Å². The normalized spacial score (nSPS) is 20.2. The first-order valence-corrected chi connectivity index (χ1v) is 5.02. The van der Waals surface area contributed by atoms with Crippen molar-refractivity contribution in [3.05, 3.63) is 29.8 Å². The summed E-state index contributed by atoms with van der Waals surface area (Å²) in [6.07, 6.45) is 1.93. The molecule has 1 aromatic carbocycles. The van der Waals surface area contributed by atoms with E-state index in [1.54, 1.807) is 7.11 Å². The van der Waals surface area contributed by atoms with Crippen LogP contribution in [0.2, 0.25) is 0 Å². The Hall–Kier alpha value is -1.02. The summed E-state index contributed by atoms with van der Waals surface area (Å²) in [5.74, 6) is 0.871. The quantitative estimate of drug-likeness (QED) is 0.794. The molecule has 14 heavy (non-hydrogen) atoms. The first-order valence-electron chi connectivity index (χ1n) is 5.02. The Labute approximate surface area is 84.5 Å². The number of rotatable bonds is 3. The van der Waals surface area contributed by atoms with Crippen LogP contribution in [0.5, 0.6) is 5.75 Å². The molecule has 2 nitrogen and oxygen atoms in total. The van der Waals surface area contributed by atoms with E-state index >= 15 is 0 Å². The minimum absolute atomic E-state index is 0.0340. The van der Waals surface area contributed by atoms with Gasteiger partial charge in [0.1, 0.15) is 5.75 Å². The van der Waals surface area contributed by atoms with Gasteiger partial charge in [-0.05, 0) is 37.5 Å². The van der Waals surface area contributed by atoms with Crippen LogP contribution in [0, 0.1) is 0 Å². The van der Waals surface area contributed by atoms with Gasteiger partial charge in [-0.25, -0.2) is 0 Å². The van der Waals surface area contributed by atoms with Gasteiger partial charge in [0.15, 0.2) is 0 Å². The lowest BCUT2D eigenvalue weighted by molar-refractivity contribution is 0.150. The average molecular weight is 192 g/mol. The number of methoxy groups -OCH3 is 1. The highest BCUT2D eigenvalue weighted by molar-refractivity contribution is 5.37. The number of hydrogen-bond donors (Lipinski definition) is 1. The van der Waals surface area contributed by atoms with E-state index < -0.39 is 0 Å². The van der Waals surface area contributed by atoms with E-state index in [-0.39, 0.29) is 11.5 Å². The molecule has 1 unspecified atom stereocenters. The van der Waals surface area contributed by atoms with Gasteiger partial charge in [-0.1, -0.05) is 12.1 Å². The predicted molar refractivity (Wildman–Crippen MR) is 55.6 cm³/mol. The van der Waals surface area contributed by atoms with E-state index in [0.717, 1.165) is 18.6 Å². The van der Waals surface area contributed by atoms with Crippen molar-refractivity contribution in [1.29, 1.82) is 0 Å². The monoisotopic (exact) mass is 192 g/mol. The third kappa shape index (κ3) is 1.40. The largest absolute Gasteiger partial charge is 0.497 e. The molecule has 1 saturated carbocycles.